The van der Waals surface area contributed by atoms with E-state index in [0.29, 0.717) is 11.9 Å². The number of halogens is 1. The number of carbonyl (C=O) groups is 2. The molecule has 3 amide bonds. The lowest BCUT2D eigenvalue weighted by atomic mass is 9.93. The van der Waals surface area contributed by atoms with E-state index in [1.165, 1.54) is 0 Å². The van der Waals surface area contributed by atoms with Crippen LogP contribution in [0.3, 0.4) is 0 Å². The van der Waals surface area contributed by atoms with Crippen LogP contribution in [-0.2, 0) is 4.79 Å². The van der Waals surface area contributed by atoms with E-state index < -0.39 is 0 Å². The van der Waals surface area contributed by atoms with Crippen molar-refractivity contribution in [3.05, 3.63) is 0 Å². The quantitative estimate of drug-likeness (QED) is 0.773. The second-order valence-electron chi connectivity index (χ2n) is 7.25. The van der Waals surface area contributed by atoms with Crippen LogP contribution in [0.15, 0.2) is 0 Å². The third kappa shape index (κ3) is 3.97. The predicted molar refractivity (Wildman–Crippen MR) is 96.4 cm³/mol. The molecule has 3 heterocycles. The van der Waals surface area contributed by atoms with Crippen LogP contribution in [0.1, 0.15) is 39.5 Å². The van der Waals surface area contributed by atoms with Crippen molar-refractivity contribution in [3.8, 4) is 0 Å². The maximum absolute atomic E-state index is 12.8. The van der Waals surface area contributed by atoms with Gasteiger partial charge in [0, 0.05) is 57.3 Å². The highest BCUT2D eigenvalue weighted by atomic mass is 35.5. The molecular weight excluding hydrogens is 328 g/mol. The number of carbonyl (C=O) groups excluding carboxylic acids is 2. The van der Waals surface area contributed by atoms with Crippen molar-refractivity contribution in [2.24, 2.45) is 5.92 Å². The number of rotatable bonds is 1. The number of nitrogens with one attached hydrogen (secondary N) is 1. The highest BCUT2D eigenvalue weighted by Crippen LogP contribution is 2.23. The molecule has 2 unspecified atom stereocenters. The van der Waals surface area contributed by atoms with Crippen molar-refractivity contribution in [1.82, 2.24) is 20.0 Å². The summed E-state index contributed by atoms with van der Waals surface area (Å²) in [7, 11) is 0. The molecule has 6 nitrogen and oxygen atoms in total. The molecule has 3 rings (SSSR count). The molecule has 0 spiro atoms. The molecule has 7 heteroatoms. The first-order valence-corrected chi connectivity index (χ1v) is 9.15. The Morgan fingerprint density at radius 3 is 2.12 bits per heavy atom. The minimum absolute atomic E-state index is 0. The van der Waals surface area contributed by atoms with Crippen molar-refractivity contribution in [2.45, 2.75) is 51.6 Å². The van der Waals surface area contributed by atoms with E-state index in [0.717, 1.165) is 65.0 Å². The molecule has 0 aromatic heterocycles. The number of likely N-dealkylation sites (tertiary alicyclic amines) is 2. The molecule has 0 aromatic rings. The van der Waals surface area contributed by atoms with Crippen molar-refractivity contribution in [2.75, 3.05) is 39.3 Å². The van der Waals surface area contributed by atoms with Crippen LogP contribution in [0.25, 0.3) is 0 Å². The van der Waals surface area contributed by atoms with Gasteiger partial charge in [0.15, 0.2) is 0 Å². The summed E-state index contributed by atoms with van der Waals surface area (Å²) in [5.41, 5.74) is 0. The highest BCUT2D eigenvalue weighted by Gasteiger charge is 2.35. The number of piperazine rings is 1. The zero-order valence-electron chi connectivity index (χ0n) is 14.9. The summed E-state index contributed by atoms with van der Waals surface area (Å²) in [5, 5.41) is 3.42. The summed E-state index contributed by atoms with van der Waals surface area (Å²) >= 11 is 0. The fourth-order valence-electron chi connectivity index (χ4n) is 4.03. The first kappa shape index (κ1) is 19.3. The predicted octanol–water partition coefficient (Wildman–Crippen LogP) is 1.54. The average molecular weight is 359 g/mol. The van der Waals surface area contributed by atoms with Crippen LogP contribution in [0, 0.1) is 5.92 Å². The summed E-state index contributed by atoms with van der Waals surface area (Å²) in [6, 6.07) is 0.780. The Kier molecular flexibility index (Phi) is 6.75. The molecule has 0 aromatic carbocycles. The zero-order chi connectivity index (χ0) is 16.4. The van der Waals surface area contributed by atoms with Gasteiger partial charge < -0.3 is 20.0 Å². The van der Waals surface area contributed by atoms with Crippen molar-refractivity contribution in [1.29, 1.82) is 0 Å². The summed E-state index contributed by atoms with van der Waals surface area (Å²) in [6.07, 6.45) is 3.87. The van der Waals surface area contributed by atoms with Crippen LogP contribution in [-0.4, -0.2) is 78.0 Å². The van der Waals surface area contributed by atoms with Gasteiger partial charge in [0.05, 0.1) is 0 Å². The molecular formula is C17H31ClN4O2. The summed E-state index contributed by atoms with van der Waals surface area (Å²) in [4.78, 5) is 31.2. The number of amides is 3. The molecule has 24 heavy (non-hydrogen) atoms. The van der Waals surface area contributed by atoms with Gasteiger partial charge in [-0.3, -0.25) is 4.79 Å². The van der Waals surface area contributed by atoms with Gasteiger partial charge in [0.1, 0.15) is 0 Å². The number of hydrogen-bond donors (Lipinski definition) is 1. The van der Waals surface area contributed by atoms with E-state index in [9.17, 15) is 9.59 Å². The highest BCUT2D eigenvalue weighted by molar-refractivity contribution is 5.85. The van der Waals surface area contributed by atoms with Crippen LogP contribution >= 0.6 is 12.4 Å². The normalized spacial score (nSPS) is 28.7. The first-order valence-electron chi connectivity index (χ1n) is 9.15. The van der Waals surface area contributed by atoms with E-state index in [4.69, 9.17) is 0 Å². The molecule has 0 radical (unpaired) electrons. The number of hydrogen-bond acceptors (Lipinski definition) is 3. The lowest BCUT2D eigenvalue weighted by Crippen LogP contribution is -2.59. The van der Waals surface area contributed by atoms with Crippen LogP contribution in [0.5, 0.6) is 0 Å². The van der Waals surface area contributed by atoms with Crippen LogP contribution in [0.4, 0.5) is 4.79 Å². The summed E-state index contributed by atoms with van der Waals surface area (Å²) < 4.78 is 0. The van der Waals surface area contributed by atoms with Crippen molar-refractivity contribution in [3.63, 3.8) is 0 Å². The molecule has 3 aliphatic heterocycles. The van der Waals surface area contributed by atoms with Gasteiger partial charge >= 0.3 is 6.03 Å². The fourth-order valence-corrected chi connectivity index (χ4v) is 4.03. The van der Waals surface area contributed by atoms with E-state index in [1.807, 2.05) is 14.7 Å². The van der Waals surface area contributed by atoms with Gasteiger partial charge in [-0.15, -0.1) is 12.4 Å². The summed E-state index contributed by atoms with van der Waals surface area (Å²) in [5.74, 6) is 0.379. The Morgan fingerprint density at radius 1 is 0.917 bits per heavy atom. The molecule has 0 aliphatic carbocycles. The maximum atomic E-state index is 12.8. The van der Waals surface area contributed by atoms with Gasteiger partial charge in [-0.2, -0.15) is 0 Å². The van der Waals surface area contributed by atoms with Gasteiger partial charge in [0.25, 0.3) is 0 Å². The molecule has 2 atom stereocenters. The number of nitrogens with zero attached hydrogens (tertiary/aromatic N) is 3. The van der Waals surface area contributed by atoms with Gasteiger partial charge in [-0.1, -0.05) is 0 Å². The Morgan fingerprint density at radius 2 is 1.50 bits per heavy atom. The Labute approximate surface area is 151 Å². The largest absolute Gasteiger partial charge is 0.337 e. The van der Waals surface area contributed by atoms with Crippen LogP contribution < -0.4 is 5.32 Å². The third-order valence-electron chi connectivity index (χ3n) is 5.81. The second-order valence-corrected chi connectivity index (χ2v) is 7.25. The van der Waals surface area contributed by atoms with Gasteiger partial charge in [-0.25, -0.2) is 4.79 Å². The lowest BCUT2D eigenvalue weighted by Gasteiger charge is -2.42. The monoisotopic (exact) mass is 358 g/mol. The Hall–Kier alpha value is -1.01. The fraction of sp³-hybridized carbons (Fsp3) is 0.882. The van der Waals surface area contributed by atoms with E-state index >= 15 is 0 Å². The second kappa shape index (κ2) is 8.39. The molecule has 3 fully saturated rings. The first-order chi connectivity index (χ1) is 11.1. The molecule has 0 bridgehead atoms. The minimum Gasteiger partial charge on any atom is -0.337 e. The molecule has 0 saturated carbocycles. The summed E-state index contributed by atoms with van der Waals surface area (Å²) in [6.45, 7) is 9.19. The van der Waals surface area contributed by atoms with E-state index in [2.05, 4.69) is 19.2 Å². The van der Waals surface area contributed by atoms with E-state index in [1.54, 1.807) is 0 Å². The van der Waals surface area contributed by atoms with Gasteiger partial charge in [-0.05, 0) is 39.5 Å². The molecule has 3 saturated heterocycles. The van der Waals surface area contributed by atoms with Crippen LogP contribution in [0.2, 0.25) is 0 Å². The minimum atomic E-state index is 0. The molecule has 3 aliphatic rings. The molecule has 138 valence electrons. The number of piperidine rings is 1. The Balaban J connectivity index is 0.00000208. The number of urea groups is 1. The SMILES string of the molecule is CC1NCCN(C(=O)C2CCN(C(=O)N3CCCC3)CC2)C1C.Cl. The molecule has 1 N–H and O–H groups in total. The van der Waals surface area contributed by atoms with Gasteiger partial charge in [0.2, 0.25) is 5.91 Å². The maximum Gasteiger partial charge on any atom is 0.319 e. The topological polar surface area (TPSA) is 55.9 Å². The average Bonchev–Trinajstić information content (AvgIpc) is 3.11. The lowest BCUT2D eigenvalue weighted by molar-refractivity contribution is -0.140. The zero-order valence-corrected chi connectivity index (χ0v) is 15.7. The standard InChI is InChI=1S/C17H30N4O2.ClH/c1-13-14(2)21(12-7-18-13)16(22)15-5-10-20(11-6-15)17(23)19-8-3-4-9-19;/h13-15,18H,3-12H2,1-2H3;1H. The van der Waals surface area contributed by atoms with Crippen molar-refractivity contribution < 1.29 is 9.59 Å². The third-order valence-corrected chi connectivity index (χ3v) is 5.81. The Bertz CT molecular complexity index is 448. The smallest absolute Gasteiger partial charge is 0.319 e. The van der Waals surface area contributed by atoms with E-state index in [-0.39, 0.29) is 30.4 Å². The van der Waals surface area contributed by atoms with Crippen molar-refractivity contribution >= 4 is 24.3 Å².